The van der Waals surface area contributed by atoms with Crippen molar-refractivity contribution in [3.05, 3.63) is 29.8 Å². The number of ether oxygens (including phenoxy) is 2. The number of aryl methyl sites for hydroxylation is 1. The Bertz CT molecular complexity index is 643. The van der Waals surface area contributed by atoms with E-state index in [-0.39, 0.29) is 5.92 Å². The number of methoxy groups -OCH3 is 1. The van der Waals surface area contributed by atoms with Crippen LogP contribution in [0.1, 0.15) is 24.1 Å². The van der Waals surface area contributed by atoms with Crippen LogP contribution in [0.25, 0.3) is 0 Å². The highest BCUT2D eigenvalue weighted by atomic mass is 16.5. The van der Waals surface area contributed by atoms with Gasteiger partial charge >= 0.3 is 0 Å². The third-order valence-electron chi connectivity index (χ3n) is 3.81. The average molecular weight is 303 g/mol. The van der Waals surface area contributed by atoms with Crippen LogP contribution in [0.2, 0.25) is 0 Å². The van der Waals surface area contributed by atoms with Gasteiger partial charge in [-0.2, -0.15) is 5.10 Å². The largest absolute Gasteiger partial charge is 0.481 e. The van der Waals surface area contributed by atoms with E-state index in [0.717, 1.165) is 24.6 Å². The molecule has 3 rings (SSSR count). The van der Waals surface area contributed by atoms with E-state index in [1.54, 1.807) is 7.11 Å². The summed E-state index contributed by atoms with van der Waals surface area (Å²) in [5, 5.41) is 4.60. The van der Waals surface area contributed by atoms with Gasteiger partial charge in [-0.25, -0.2) is 9.97 Å². The molecule has 2 aromatic heterocycles. The second-order valence-electron chi connectivity index (χ2n) is 5.37. The van der Waals surface area contributed by atoms with Gasteiger partial charge in [0.2, 0.25) is 5.88 Å². The van der Waals surface area contributed by atoms with Gasteiger partial charge in [-0.1, -0.05) is 0 Å². The first-order valence-electron chi connectivity index (χ1n) is 7.42. The SMILES string of the molecule is CCOCC1CN(c2cc(OC)ncn2)Cc2cn(C)nc21. The highest BCUT2D eigenvalue weighted by molar-refractivity contribution is 5.45. The maximum atomic E-state index is 5.63. The van der Waals surface area contributed by atoms with Crippen molar-refractivity contribution in [2.45, 2.75) is 19.4 Å². The third-order valence-corrected chi connectivity index (χ3v) is 3.81. The molecule has 7 heteroatoms. The zero-order valence-corrected chi connectivity index (χ0v) is 13.2. The summed E-state index contributed by atoms with van der Waals surface area (Å²) in [6.07, 6.45) is 3.60. The minimum absolute atomic E-state index is 0.242. The molecule has 0 saturated carbocycles. The molecule has 0 fully saturated rings. The fraction of sp³-hybridized carbons (Fsp3) is 0.533. The summed E-state index contributed by atoms with van der Waals surface area (Å²) in [5.74, 6) is 1.68. The van der Waals surface area contributed by atoms with E-state index in [9.17, 15) is 0 Å². The molecule has 0 aromatic carbocycles. The lowest BCUT2D eigenvalue weighted by Gasteiger charge is -2.32. The van der Waals surface area contributed by atoms with Crippen LogP contribution in [0, 0.1) is 0 Å². The van der Waals surface area contributed by atoms with Crippen LogP contribution in [0.3, 0.4) is 0 Å². The van der Waals surface area contributed by atoms with Crippen molar-refractivity contribution in [1.29, 1.82) is 0 Å². The zero-order valence-electron chi connectivity index (χ0n) is 13.2. The molecule has 3 heterocycles. The summed E-state index contributed by atoms with van der Waals surface area (Å²) in [6, 6.07) is 1.86. The Morgan fingerprint density at radius 2 is 2.23 bits per heavy atom. The Kier molecular flexibility index (Phi) is 4.24. The Labute approximate surface area is 129 Å². The van der Waals surface area contributed by atoms with E-state index >= 15 is 0 Å². The van der Waals surface area contributed by atoms with Gasteiger partial charge in [0.1, 0.15) is 12.1 Å². The molecule has 0 spiro atoms. The topological polar surface area (TPSA) is 65.3 Å². The van der Waals surface area contributed by atoms with Crippen LogP contribution in [-0.2, 0) is 18.3 Å². The average Bonchev–Trinajstić information content (AvgIpc) is 2.92. The highest BCUT2D eigenvalue weighted by Gasteiger charge is 2.29. The molecule has 0 amide bonds. The van der Waals surface area contributed by atoms with E-state index in [1.165, 1.54) is 11.9 Å². The first kappa shape index (κ1) is 14.8. The van der Waals surface area contributed by atoms with Crippen LogP contribution < -0.4 is 9.64 Å². The number of fused-ring (bicyclic) bond motifs is 1. The molecule has 0 aliphatic carbocycles. The van der Waals surface area contributed by atoms with Crippen molar-refractivity contribution in [3.8, 4) is 5.88 Å². The standard InChI is InChI=1S/C15H21N5O2/c1-4-22-9-12-8-20(7-11-6-19(2)18-15(11)12)13-5-14(21-3)17-10-16-13/h5-6,10,12H,4,7-9H2,1-3H3. The second-order valence-corrected chi connectivity index (χ2v) is 5.37. The van der Waals surface area contributed by atoms with Crippen molar-refractivity contribution < 1.29 is 9.47 Å². The minimum Gasteiger partial charge on any atom is -0.481 e. The molecule has 22 heavy (non-hydrogen) atoms. The molecule has 7 nitrogen and oxygen atoms in total. The molecule has 0 saturated heterocycles. The molecular formula is C15H21N5O2. The smallest absolute Gasteiger partial charge is 0.218 e. The predicted molar refractivity (Wildman–Crippen MR) is 82.1 cm³/mol. The molecule has 1 atom stereocenters. The molecule has 1 aliphatic rings. The minimum atomic E-state index is 0.242. The quantitative estimate of drug-likeness (QED) is 0.831. The van der Waals surface area contributed by atoms with Gasteiger partial charge in [-0.15, -0.1) is 0 Å². The van der Waals surface area contributed by atoms with Gasteiger partial charge in [0.05, 0.1) is 19.4 Å². The molecule has 1 unspecified atom stereocenters. The first-order valence-corrected chi connectivity index (χ1v) is 7.42. The molecule has 0 radical (unpaired) electrons. The van der Waals surface area contributed by atoms with E-state index in [4.69, 9.17) is 9.47 Å². The number of hydrogen-bond donors (Lipinski definition) is 0. The van der Waals surface area contributed by atoms with Gasteiger partial charge < -0.3 is 14.4 Å². The Hall–Kier alpha value is -2.15. The monoisotopic (exact) mass is 303 g/mol. The number of rotatable bonds is 5. The maximum Gasteiger partial charge on any atom is 0.218 e. The van der Waals surface area contributed by atoms with Crippen molar-refractivity contribution in [2.24, 2.45) is 7.05 Å². The summed E-state index contributed by atoms with van der Waals surface area (Å²) >= 11 is 0. The molecule has 1 aliphatic heterocycles. The molecule has 2 aromatic rings. The molecule has 0 bridgehead atoms. The number of nitrogens with zero attached hydrogens (tertiary/aromatic N) is 5. The second kappa shape index (κ2) is 6.31. The lowest BCUT2D eigenvalue weighted by atomic mass is 9.97. The Morgan fingerprint density at radius 1 is 1.36 bits per heavy atom. The summed E-state index contributed by atoms with van der Waals surface area (Å²) in [5.41, 5.74) is 2.35. The van der Waals surface area contributed by atoms with Crippen molar-refractivity contribution in [1.82, 2.24) is 19.7 Å². The molecule has 0 N–H and O–H groups in total. The highest BCUT2D eigenvalue weighted by Crippen LogP contribution is 2.30. The van der Waals surface area contributed by atoms with Crippen molar-refractivity contribution in [2.75, 3.05) is 31.8 Å². The van der Waals surface area contributed by atoms with E-state index in [1.807, 2.05) is 24.7 Å². The lowest BCUT2D eigenvalue weighted by molar-refractivity contribution is 0.130. The van der Waals surface area contributed by atoms with Crippen molar-refractivity contribution >= 4 is 5.82 Å². The predicted octanol–water partition coefficient (Wildman–Crippen LogP) is 1.36. The molecule has 118 valence electrons. The van der Waals surface area contributed by atoms with Crippen LogP contribution in [0.5, 0.6) is 5.88 Å². The Morgan fingerprint density at radius 3 is 3.00 bits per heavy atom. The van der Waals surface area contributed by atoms with Crippen molar-refractivity contribution in [3.63, 3.8) is 0 Å². The van der Waals surface area contributed by atoms with E-state index < -0.39 is 0 Å². The fourth-order valence-electron chi connectivity index (χ4n) is 2.82. The van der Waals surface area contributed by atoms with E-state index in [0.29, 0.717) is 19.1 Å². The maximum absolute atomic E-state index is 5.63. The van der Waals surface area contributed by atoms with Gasteiger partial charge in [-0.05, 0) is 6.92 Å². The summed E-state index contributed by atoms with van der Waals surface area (Å²) in [6.45, 7) is 4.99. The fourth-order valence-corrected chi connectivity index (χ4v) is 2.82. The first-order chi connectivity index (χ1) is 10.7. The normalized spacial score (nSPS) is 17.4. The van der Waals surface area contributed by atoms with Crippen LogP contribution >= 0.6 is 0 Å². The number of aromatic nitrogens is 4. The van der Waals surface area contributed by atoms with Crippen LogP contribution in [0.4, 0.5) is 5.82 Å². The van der Waals surface area contributed by atoms with Gasteiger partial charge in [0.25, 0.3) is 0 Å². The van der Waals surface area contributed by atoms with Gasteiger partial charge in [-0.3, -0.25) is 4.68 Å². The van der Waals surface area contributed by atoms with Gasteiger partial charge in [0.15, 0.2) is 0 Å². The van der Waals surface area contributed by atoms with Crippen LogP contribution in [-0.4, -0.2) is 46.6 Å². The number of anilines is 1. The summed E-state index contributed by atoms with van der Waals surface area (Å²) in [7, 11) is 3.56. The number of hydrogen-bond acceptors (Lipinski definition) is 6. The van der Waals surface area contributed by atoms with Crippen LogP contribution in [0.15, 0.2) is 18.6 Å². The third kappa shape index (κ3) is 2.89. The lowest BCUT2D eigenvalue weighted by Crippen LogP contribution is -2.35. The molecular weight excluding hydrogens is 282 g/mol. The zero-order chi connectivity index (χ0) is 15.5. The summed E-state index contributed by atoms with van der Waals surface area (Å²) in [4.78, 5) is 10.7. The van der Waals surface area contributed by atoms with Gasteiger partial charge in [0, 0.05) is 50.5 Å². The summed E-state index contributed by atoms with van der Waals surface area (Å²) < 4.78 is 12.7. The van der Waals surface area contributed by atoms with E-state index in [2.05, 4.69) is 26.2 Å². The Balaban J connectivity index is 1.88.